The lowest BCUT2D eigenvalue weighted by Crippen LogP contribution is -1.88. The van der Waals surface area contributed by atoms with Crippen LogP contribution in [0.5, 0.6) is 0 Å². The third-order valence-electron chi connectivity index (χ3n) is 3.37. The third kappa shape index (κ3) is 2.27. The molecule has 0 atom stereocenters. The predicted molar refractivity (Wildman–Crippen MR) is 77.9 cm³/mol. The van der Waals surface area contributed by atoms with Crippen LogP contribution in [0.2, 0.25) is 0 Å². The van der Waals surface area contributed by atoms with Gasteiger partial charge in [0.05, 0.1) is 5.01 Å². The fourth-order valence-corrected chi connectivity index (χ4v) is 3.22. The Morgan fingerprint density at radius 1 is 1.39 bits per heavy atom. The van der Waals surface area contributed by atoms with Gasteiger partial charge < -0.3 is 5.73 Å². The minimum Gasteiger partial charge on any atom is -0.389 e. The molecular weight excluding hydrogens is 240 g/mol. The number of aromatic nitrogens is 1. The summed E-state index contributed by atoms with van der Waals surface area (Å²) in [5, 5.41) is 2.01. The van der Waals surface area contributed by atoms with E-state index in [1.807, 2.05) is 0 Å². The molecule has 3 rings (SSSR count). The first-order chi connectivity index (χ1) is 8.78. The summed E-state index contributed by atoms with van der Waals surface area (Å²) < 4.78 is 0. The van der Waals surface area contributed by atoms with Crippen LogP contribution in [0, 0.1) is 0 Å². The van der Waals surface area contributed by atoms with Crippen LogP contribution in [-0.4, -0.2) is 4.98 Å². The van der Waals surface area contributed by atoms with Gasteiger partial charge in [-0.1, -0.05) is 25.1 Å². The van der Waals surface area contributed by atoms with Gasteiger partial charge in [-0.15, -0.1) is 11.3 Å². The second-order valence-corrected chi connectivity index (χ2v) is 6.09. The van der Waals surface area contributed by atoms with Gasteiger partial charge in [-0.25, -0.2) is 4.98 Å². The quantitative estimate of drug-likeness (QED) is 0.891. The summed E-state index contributed by atoms with van der Waals surface area (Å²) in [6.07, 6.45) is 4.81. The van der Waals surface area contributed by atoms with Gasteiger partial charge in [-0.05, 0) is 43.2 Å². The molecule has 0 unspecified atom stereocenters. The lowest BCUT2D eigenvalue weighted by atomic mass is 10.1. The molecule has 2 aromatic rings. The van der Waals surface area contributed by atoms with Crippen LogP contribution in [0.4, 0.5) is 5.00 Å². The summed E-state index contributed by atoms with van der Waals surface area (Å²) in [5.41, 5.74) is 9.70. The predicted octanol–water partition coefficient (Wildman–Crippen LogP) is 4.22. The van der Waals surface area contributed by atoms with Crippen molar-refractivity contribution in [1.82, 2.24) is 4.98 Å². The molecule has 94 valence electrons. The average Bonchev–Trinajstić information content (AvgIpc) is 3.15. The van der Waals surface area contributed by atoms with Crippen LogP contribution in [0.1, 0.15) is 42.7 Å². The number of hydrogen-bond acceptors (Lipinski definition) is 3. The van der Waals surface area contributed by atoms with E-state index in [0.29, 0.717) is 0 Å². The Labute approximate surface area is 112 Å². The molecule has 18 heavy (non-hydrogen) atoms. The van der Waals surface area contributed by atoms with Gasteiger partial charge in [-0.3, -0.25) is 0 Å². The number of hydrogen-bond donors (Lipinski definition) is 1. The number of thiazole rings is 1. The molecule has 0 amide bonds. The first-order valence-electron chi connectivity index (χ1n) is 6.63. The Kier molecular flexibility index (Phi) is 3.08. The first kappa shape index (κ1) is 11.7. The van der Waals surface area contributed by atoms with Crippen molar-refractivity contribution in [2.75, 3.05) is 5.73 Å². The monoisotopic (exact) mass is 258 g/mol. The minimum atomic E-state index is 0.778. The van der Waals surface area contributed by atoms with Gasteiger partial charge >= 0.3 is 0 Å². The maximum Gasteiger partial charge on any atom is 0.114 e. The van der Waals surface area contributed by atoms with Crippen molar-refractivity contribution in [1.29, 1.82) is 0 Å². The average molecular weight is 258 g/mol. The largest absolute Gasteiger partial charge is 0.389 e. The zero-order valence-electron chi connectivity index (χ0n) is 10.6. The van der Waals surface area contributed by atoms with E-state index in [4.69, 9.17) is 5.73 Å². The lowest BCUT2D eigenvalue weighted by Gasteiger charge is -2.02. The summed E-state index contributed by atoms with van der Waals surface area (Å²) in [5.74, 6) is 0.778. The standard InChI is InChI=1S/C15H18N2S/c1-2-4-13-17-14(15(16)18-13)12-6-3-5-11(9-12)10-7-8-10/h3,5-6,9-10H,2,4,7-8,16H2,1H3. The van der Waals surface area contributed by atoms with E-state index in [-0.39, 0.29) is 0 Å². The molecule has 1 aliphatic rings. The summed E-state index contributed by atoms with van der Waals surface area (Å²) in [7, 11) is 0. The Bertz CT molecular complexity index is 555. The topological polar surface area (TPSA) is 38.9 Å². The SMILES string of the molecule is CCCc1nc(-c2cccc(C3CC3)c2)c(N)s1. The van der Waals surface area contributed by atoms with Crippen molar-refractivity contribution in [3.63, 3.8) is 0 Å². The number of nitrogen functional groups attached to an aromatic ring is 1. The van der Waals surface area contributed by atoms with Crippen LogP contribution >= 0.6 is 11.3 Å². The smallest absolute Gasteiger partial charge is 0.114 e. The summed E-state index contributed by atoms with van der Waals surface area (Å²) in [4.78, 5) is 4.68. The molecule has 1 aromatic heterocycles. The van der Waals surface area contributed by atoms with E-state index in [1.54, 1.807) is 11.3 Å². The van der Waals surface area contributed by atoms with E-state index in [9.17, 15) is 0 Å². The van der Waals surface area contributed by atoms with Crippen LogP contribution in [-0.2, 0) is 6.42 Å². The highest BCUT2D eigenvalue weighted by molar-refractivity contribution is 7.16. The van der Waals surface area contributed by atoms with Gasteiger partial charge in [0.2, 0.25) is 0 Å². The third-order valence-corrected chi connectivity index (χ3v) is 4.31. The second kappa shape index (κ2) is 4.73. The van der Waals surface area contributed by atoms with E-state index >= 15 is 0 Å². The molecule has 1 heterocycles. The fraction of sp³-hybridized carbons (Fsp3) is 0.400. The first-order valence-corrected chi connectivity index (χ1v) is 7.45. The molecule has 0 spiro atoms. The molecule has 0 bridgehead atoms. The van der Waals surface area contributed by atoms with Gasteiger partial charge in [0.1, 0.15) is 10.7 Å². The maximum absolute atomic E-state index is 6.10. The molecule has 1 saturated carbocycles. The molecule has 1 fully saturated rings. The van der Waals surface area contributed by atoms with Crippen LogP contribution < -0.4 is 5.73 Å². The van der Waals surface area contributed by atoms with Crippen molar-refractivity contribution < 1.29 is 0 Å². The van der Waals surface area contributed by atoms with Crippen molar-refractivity contribution in [3.05, 3.63) is 34.8 Å². The highest BCUT2D eigenvalue weighted by Crippen LogP contribution is 2.41. The molecule has 2 nitrogen and oxygen atoms in total. The lowest BCUT2D eigenvalue weighted by molar-refractivity contribution is 0.910. The minimum absolute atomic E-state index is 0.778. The van der Waals surface area contributed by atoms with Gasteiger partial charge in [0, 0.05) is 5.56 Å². The van der Waals surface area contributed by atoms with E-state index in [1.165, 1.54) is 24.0 Å². The van der Waals surface area contributed by atoms with Crippen molar-refractivity contribution in [2.24, 2.45) is 0 Å². The van der Waals surface area contributed by atoms with Crippen LogP contribution in [0.15, 0.2) is 24.3 Å². The molecule has 0 radical (unpaired) electrons. The Hall–Kier alpha value is -1.35. The van der Waals surface area contributed by atoms with Gasteiger partial charge in [0.15, 0.2) is 0 Å². The van der Waals surface area contributed by atoms with Crippen molar-refractivity contribution >= 4 is 16.3 Å². The van der Waals surface area contributed by atoms with Gasteiger partial charge in [0.25, 0.3) is 0 Å². The summed E-state index contributed by atoms with van der Waals surface area (Å²) >= 11 is 1.63. The number of rotatable bonds is 4. The van der Waals surface area contributed by atoms with Crippen LogP contribution in [0.25, 0.3) is 11.3 Å². The summed E-state index contributed by atoms with van der Waals surface area (Å²) in [6.45, 7) is 2.17. The molecule has 3 heteroatoms. The molecule has 0 aliphatic heterocycles. The molecule has 1 aliphatic carbocycles. The number of benzene rings is 1. The Balaban J connectivity index is 1.95. The van der Waals surface area contributed by atoms with Crippen molar-refractivity contribution in [3.8, 4) is 11.3 Å². The zero-order chi connectivity index (χ0) is 12.5. The zero-order valence-corrected chi connectivity index (χ0v) is 11.5. The van der Waals surface area contributed by atoms with E-state index < -0.39 is 0 Å². The number of nitrogens with zero attached hydrogens (tertiary/aromatic N) is 1. The second-order valence-electron chi connectivity index (χ2n) is 4.97. The molecule has 2 N–H and O–H groups in total. The van der Waals surface area contributed by atoms with Crippen LogP contribution in [0.3, 0.4) is 0 Å². The number of nitrogens with two attached hydrogens (primary N) is 1. The summed E-state index contributed by atoms with van der Waals surface area (Å²) in [6, 6.07) is 8.73. The molecule has 0 saturated heterocycles. The normalized spacial score (nSPS) is 14.9. The van der Waals surface area contributed by atoms with Gasteiger partial charge in [-0.2, -0.15) is 0 Å². The fourth-order valence-electron chi connectivity index (χ4n) is 2.26. The van der Waals surface area contributed by atoms with Crippen molar-refractivity contribution in [2.45, 2.75) is 38.5 Å². The highest BCUT2D eigenvalue weighted by Gasteiger charge is 2.23. The molecule has 1 aromatic carbocycles. The number of anilines is 1. The maximum atomic E-state index is 6.10. The van der Waals surface area contributed by atoms with E-state index in [2.05, 4.69) is 36.2 Å². The van der Waals surface area contributed by atoms with E-state index in [0.717, 1.165) is 34.5 Å². The molecular formula is C15H18N2S. The number of aryl methyl sites for hydroxylation is 1. The highest BCUT2D eigenvalue weighted by atomic mass is 32.1. The Morgan fingerprint density at radius 2 is 2.22 bits per heavy atom. The Morgan fingerprint density at radius 3 is 2.94 bits per heavy atom.